The fraction of sp³-hybridized carbons (Fsp3) is 0.643. The van der Waals surface area contributed by atoms with E-state index in [0.29, 0.717) is 5.59 Å². The SMILES string of the molecule is CC(C)O[B-](OC(C)C)(OC(C)C)c1cccc(Br)n1. The summed E-state index contributed by atoms with van der Waals surface area (Å²) in [5.41, 5.74) is 0.662. The van der Waals surface area contributed by atoms with Crippen LogP contribution in [0, 0.1) is 0 Å². The number of halogens is 1. The molecule has 0 aromatic carbocycles. The lowest BCUT2D eigenvalue weighted by Gasteiger charge is -2.45. The first-order valence-corrected chi connectivity index (χ1v) is 7.84. The van der Waals surface area contributed by atoms with Crippen LogP contribution in [0.5, 0.6) is 0 Å². The minimum atomic E-state index is -2.08. The first kappa shape index (κ1) is 17.6. The van der Waals surface area contributed by atoms with Crippen LogP contribution in [-0.2, 0) is 14.0 Å². The summed E-state index contributed by atoms with van der Waals surface area (Å²) >= 11 is 3.39. The van der Waals surface area contributed by atoms with Gasteiger partial charge in [0.05, 0.1) is 0 Å². The molecule has 0 amide bonds. The van der Waals surface area contributed by atoms with E-state index >= 15 is 0 Å². The molecule has 0 aliphatic heterocycles. The van der Waals surface area contributed by atoms with Gasteiger partial charge in [-0.15, -0.1) is 0 Å². The molecule has 20 heavy (non-hydrogen) atoms. The minimum Gasteiger partial charge on any atom is -0.538 e. The molecule has 114 valence electrons. The second kappa shape index (κ2) is 7.55. The molecule has 0 bridgehead atoms. The van der Waals surface area contributed by atoms with Crippen molar-refractivity contribution in [3.63, 3.8) is 0 Å². The monoisotopic (exact) mass is 344 g/mol. The van der Waals surface area contributed by atoms with Crippen molar-refractivity contribution < 1.29 is 14.0 Å². The summed E-state index contributed by atoms with van der Waals surface area (Å²) in [5, 5.41) is 0. The van der Waals surface area contributed by atoms with Crippen molar-refractivity contribution in [3.05, 3.63) is 22.8 Å². The van der Waals surface area contributed by atoms with Crippen LogP contribution in [0.15, 0.2) is 22.8 Å². The standard InChI is InChI=1S/C14H24BBrNO3/c1-10(2)18-15(19-11(3)4,20-12(5)6)13-8-7-9-14(16)17-13/h7-12H,1-6H3/q-1. The molecule has 4 nitrogen and oxygen atoms in total. The highest BCUT2D eigenvalue weighted by Gasteiger charge is 2.36. The Morgan fingerprint density at radius 3 is 1.70 bits per heavy atom. The second-order valence-corrected chi connectivity index (χ2v) is 6.39. The predicted molar refractivity (Wildman–Crippen MR) is 86.0 cm³/mol. The highest BCUT2D eigenvalue weighted by molar-refractivity contribution is 9.10. The van der Waals surface area contributed by atoms with Crippen molar-refractivity contribution in [1.82, 2.24) is 4.98 Å². The maximum Gasteiger partial charge on any atom is 0.428 e. The van der Waals surface area contributed by atoms with E-state index < -0.39 is 6.75 Å². The van der Waals surface area contributed by atoms with Crippen molar-refractivity contribution in [1.29, 1.82) is 0 Å². The van der Waals surface area contributed by atoms with E-state index in [4.69, 9.17) is 14.0 Å². The molecular formula is C14H24BBrNO3-. The van der Waals surface area contributed by atoms with Gasteiger partial charge in [-0.1, -0.05) is 12.1 Å². The van der Waals surface area contributed by atoms with E-state index in [2.05, 4.69) is 20.9 Å². The molecule has 1 aromatic heterocycles. The minimum absolute atomic E-state index is 0.0340. The number of hydrogen-bond acceptors (Lipinski definition) is 4. The summed E-state index contributed by atoms with van der Waals surface area (Å²) in [6.45, 7) is 9.69. The van der Waals surface area contributed by atoms with Gasteiger partial charge in [-0.2, -0.15) is 0 Å². The van der Waals surface area contributed by atoms with Gasteiger partial charge < -0.3 is 14.0 Å². The van der Waals surface area contributed by atoms with E-state index in [1.54, 1.807) is 0 Å². The van der Waals surface area contributed by atoms with E-state index in [1.807, 2.05) is 59.7 Å². The van der Waals surface area contributed by atoms with Crippen molar-refractivity contribution in [2.45, 2.75) is 59.9 Å². The zero-order valence-electron chi connectivity index (χ0n) is 13.1. The summed E-state index contributed by atoms with van der Waals surface area (Å²) in [4.78, 5) is 4.47. The zero-order valence-corrected chi connectivity index (χ0v) is 14.7. The molecule has 1 rings (SSSR count). The largest absolute Gasteiger partial charge is 0.538 e. The Kier molecular flexibility index (Phi) is 6.65. The highest BCUT2D eigenvalue weighted by atomic mass is 79.9. The van der Waals surface area contributed by atoms with Crippen molar-refractivity contribution in [2.75, 3.05) is 0 Å². The molecule has 1 heterocycles. The summed E-state index contributed by atoms with van der Waals surface area (Å²) in [6, 6.07) is 5.64. The average molecular weight is 345 g/mol. The van der Waals surface area contributed by atoms with E-state index in [0.717, 1.165) is 4.60 Å². The molecule has 1 aromatic rings. The van der Waals surface area contributed by atoms with Crippen molar-refractivity contribution >= 4 is 28.3 Å². The summed E-state index contributed by atoms with van der Waals surface area (Å²) in [5.74, 6) is 0. The van der Waals surface area contributed by atoms with Crippen LogP contribution in [0.3, 0.4) is 0 Å². The molecule has 0 unspecified atom stereocenters. The van der Waals surface area contributed by atoms with Crippen LogP contribution in [0.4, 0.5) is 0 Å². The molecule has 0 aliphatic rings. The van der Waals surface area contributed by atoms with E-state index in [9.17, 15) is 0 Å². The molecular weight excluding hydrogens is 321 g/mol. The van der Waals surface area contributed by atoms with Crippen molar-refractivity contribution in [3.8, 4) is 0 Å². The van der Waals surface area contributed by atoms with Crippen LogP contribution < -0.4 is 5.59 Å². The molecule has 0 spiro atoms. The molecule has 0 fully saturated rings. The Morgan fingerprint density at radius 1 is 0.900 bits per heavy atom. The van der Waals surface area contributed by atoms with Gasteiger partial charge in [-0.3, -0.25) is 4.98 Å². The Bertz CT molecular complexity index is 400. The van der Waals surface area contributed by atoms with Gasteiger partial charge in [-0.25, -0.2) is 0 Å². The smallest absolute Gasteiger partial charge is 0.428 e. The second-order valence-electron chi connectivity index (χ2n) is 5.58. The summed E-state index contributed by atoms with van der Waals surface area (Å²) in [7, 11) is 0. The van der Waals surface area contributed by atoms with Gasteiger partial charge in [0.25, 0.3) is 0 Å². The van der Waals surface area contributed by atoms with Gasteiger partial charge >= 0.3 is 6.75 Å². The van der Waals surface area contributed by atoms with Crippen LogP contribution in [0.1, 0.15) is 41.5 Å². The topological polar surface area (TPSA) is 40.6 Å². The number of hydrogen-bond donors (Lipinski definition) is 0. The van der Waals surface area contributed by atoms with Gasteiger partial charge in [-0.05, 0) is 69.1 Å². The summed E-state index contributed by atoms with van der Waals surface area (Å²) in [6.07, 6.45) is -0.102. The first-order valence-electron chi connectivity index (χ1n) is 7.05. The zero-order chi connectivity index (χ0) is 15.3. The normalized spacial score (nSPS) is 12.7. The third-order valence-corrected chi connectivity index (χ3v) is 2.89. The maximum atomic E-state index is 6.04. The Balaban J connectivity index is 3.26. The Morgan fingerprint density at radius 2 is 1.35 bits per heavy atom. The third kappa shape index (κ3) is 5.16. The fourth-order valence-electron chi connectivity index (χ4n) is 2.00. The number of rotatable bonds is 7. The summed E-state index contributed by atoms with van der Waals surface area (Å²) < 4.78 is 18.8. The average Bonchev–Trinajstić information content (AvgIpc) is 2.25. The van der Waals surface area contributed by atoms with E-state index in [1.165, 1.54) is 0 Å². The van der Waals surface area contributed by atoms with Gasteiger partial charge in [0.2, 0.25) is 0 Å². The van der Waals surface area contributed by atoms with Gasteiger partial charge in [0, 0.05) is 18.3 Å². The molecule has 0 saturated heterocycles. The fourth-order valence-corrected chi connectivity index (χ4v) is 2.36. The predicted octanol–water partition coefficient (Wildman–Crippen LogP) is 3.27. The number of aromatic nitrogens is 1. The lowest BCUT2D eigenvalue weighted by atomic mass is 9.71. The van der Waals surface area contributed by atoms with Gasteiger partial charge in [0.1, 0.15) is 4.60 Å². The van der Waals surface area contributed by atoms with E-state index in [-0.39, 0.29) is 18.3 Å². The molecule has 6 heteroatoms. The lowest BCUT2D eigenvalue weighted by molar-refractivity contribution is 0.0146. The highest BCUT2D eigenvalue weighted by Crippen LogP contribution is 2.18. The van der Waals surface area contributed by atoms with Gasteiger partial charge in [0.15, 0.2) is 0 Å². The Hall–Kier alpha value is -0.425. The first-order chi connectivity index (χ1) is 9.25. The van der Waals surface area contributed by atoms with Crippen LogP contribution in [0.2, 0.25) is 0 Å². The molecule has 0 saturated carbocycles. The molecule has 0 radical (unpaired) electrons. The Labute approximate surface area is 130 Å². The molecule has 0 atom stereocenters. The molecule has 0 N–H and O–H groups in total. The maximum absolute atomic E-state index is 6.04. The van der Waals surface area contributed by atoms with Crippen LogP contribution >= 0.6 is 15.9 Å². The quantitative estimate of drug-likeness (QED) is 0.562. The van der Waals surface area contributed by atoms with Crippen molar-refractivity contribution in [2.24, 2.45) is 0 Å². The van der Waals surface area contributed by atoms with Crippen LogP contribution in [0.25, 0.3) is 0 Å². The number of pyridine rings is 1. The lowest BCUT2D eigenvalue weighted by Crippen LogP contribution is -2.61. The van der Waals surface area contributed by atoms with Crippen LogP contribution in [-0.4, -0.2) is 30.1 Å². The molecule has 0 aliphatic carbocycles. The third-order valence-electron chi connectivity index (χ3n) is 2.45. The number of nitrogens with zero attached hydrogens (tertiary/aromatic N) is 1.